The summed E-state index contributed by atoms with van der Waals surface area (Å²) >= 11 is 0. The van der Waals surface area contributed by atoms with E-state index in [0.717, 1.165) is 28.7 Å². The van der Waals surface area contributed by atoms with Crippen molar-refractivity contribution >= 4 is 18.0 Å². The van der Waals surface area contributed by atoms with Gasteiger partial charge in [-0.2, -0.15) is 0 Å². The number of ether oxygens (including phenoxy) is 1. The standard InChI is InChI=1S/C27H28N2O6/c1-2-7-17(14-25(30)31)29-26(32)24-13-12-18(35-24)15-28-27(33)34-16-23-21-10-5-3-8-19(21)20-9-4-6-11-22(20)23/h3-6,8-13,17,23H,2,7,14-16H2,1H3,(H,28,33)(H,29,32)(H,30,31)/t17-/m0/s1. The normalized spacial score (nSPS) is 12.9. The molecule has 182 valence electrons. The SMILES string of the molecule is CCC[C@@H](CC(=O)O)NC(=O)c1ccc(CNC(=O)OCC2c3ccccc3-c3ccccc32)o1. The van der Waals surface area contributed by atoms with Crippen molar-refractivity contribution in [2.45, 2.75) is 44.7 Å². The molecule has 3 aromatic rings. The number of rotatable bonds is 10. The molecule has 0 spiro atoms. The van der Waals surface area contributed by atoms with Crippen molar-refractivity contribution in [2.75, 3.05) is 6.61 Å². The van der Waals surface area contributed by atoms with Gasteiger partial charge in [-0.15, -0.1) is 0 Å². The third-order valence-electron chi connectivity index (χ3n) is 6.03. The number of carbonyl (C=O) groups excluding carboxylic acids is 2. The highest BCUT2D eigenvalue weighted by molar-refractivity contribution is 5.92. The van der Waals surface area contributed by atoms with E-state index >= 15 is 0 Å². The van der Waals surface area contributed by atoms with Crippen LogP contribution in [0.25, 0.3) is 11.1 Å². The number of fused-ring (bicyclic) bond motifs is 3. The fourth-order valence-corrected chi connectivity index (χ4v) is 4.44. The minimum absolute atomic E-state index is 0.0334. The van der Waals surface area contributed by atoms with Crippen molar-refractivity contribution in [1.29, 1.82) is 0 Å². The van der Waals surface area contributed by atoms with Gasteiger partial charge in [0.1, 0.15) is 12.4 Å². The van der Waals surface area contributed by atoms with Crippen LogP contribution < -0.4 is 10.6 Å². The molecule has 0 fully saturated rings. The lowest BCUT2D eigenvalue weighted by Gasteiger charge is -2.15. The molecule has 35 heavy (non-hydrogen) atoms. The molecular formula is C27H28N2O6. The zero-order valence-corrected chi connectivity index (χ0v) is 19.5. The Labute approximate surface area is 203 Å². The van der Waals surface area contributed by atoms with Gasteiger partial charge in [0.15, 0.2) is 5.76 Å². The number of benzene rings is 2. The van der Waals surface area contributed by atoms with Crippen LogP contribution in [0, 0.1) is 0 Å². The topological polar surface area (TPSA) is 118 Å². The molecule has 0 unspecified atom stereocenters. The predicted molar refractivity (Wildman–Crippen MR) is 129 cm³/mol. The van der Waals surface area contributed by atoms with Crippen molar-refractivity contribution in [1.82, 2.24) is 10.6 Å². The lowest BCUT2D eigenvalue weighted by molar-refractivity contribution is -0.137. The summed E-state index contributed by atoms with van der Waals surface area (Å²) in [6.45, 7) is 2.17. The number of carbonyl (C=O) groups is 3. The predicted octanol–water partition coefficient (Wildman–Crippen LogP) is 4.69. The first-order valence-corrected chi connectivity index (χ1v) is 11.7. The first-order chi connectivity index (χ1) is 17.0. The summed E-state index contributed by atoms with van der Waals surface area (Å²) in [7, 11) is 0. The molecule has 0 saturated carbocycles. The first kappa shape index (κ1) is 24.1. The summed E-state index contributed by atoms with van der Waals surface area (Å²) in [6.07, 6.45) is 0.552. The maximum Gasteiger partial charge on any atom is 0.407 e. The van der Waals surface area contributed by atoms with Crippen LogP contribution >= 0.6 is 0 Å². The molecule has 2 amide bonds. The molecule has 8 heteroatoms. The van der Waals surface area contributed by atoms with Gasteiger partial charge in [0, 0.05) is 12.0 Å². The highest BCUT2D eigenvalue weighted by atomic mass is 16.5. The zero-order valence-electron chi connectivity index (χ0n) is 19.5. The fraction of sp³-hybridized carbons (Fsp3) is 0.296. The number of furan rings is 1. The van der Waals surface area contributed by atoms with Gasteiger partial charge in [0.2, 0.25) is 0 Å². The largest absolute Gasteiger partial charge is 0.481 e. The van der Waals surface area contributed by atoms with E-state index in [1.807, 2.05) is 31.2 Å². The summed E-state index contributed by atoms with van der Waals surface area (Å²) in [4.78, 5) is 35.7. The third kappa shape index (κ3) is 5.71. The van der Waals surface area contributed by atoms with E-state index in [9.17, 15) is 14.4 Å². The highest BCUT2D eigenvalue weighted by Crippen LogP contribution is 2.44. The average Bonchev–Trinajstić information content (AvgIpc) is 3.44. The lowest BCUT2D eigenvalue weighted by atomic mass is 9.98. The average molecular weight is 477 g/mol. The zero-order chi connectivity index (χ0) is 24.8. The van der Waals surface area contributed by atoms with E-state index < -0.39 is 24.0 Å². The van der Waals surface area contributed by atoms with Crippen molar-refractivity contribution in [3.63, 3.8) is 0 Å². The number of hydrogen-bond acceptors (Lipinski definition) is 5. The molecule has 4 rings (SSSR count). The number of carboxylic acids is 1. The van der Waals surface area contributed by atoms with Crippen LogP contribution in [0.15, 0.2) is 65.1 Å². The van der Waals surface area contributed by atoms with Gasteiger partial charge < -0.3 is 24.9 Å². The minimum atomic E-state index is -0.976. The third-order valence-corrected chi connectivity index (χ3v) is 6.03. The van der Waals surface area contributed by atoms with Gasteiger partial charge in [0.25, 0.3) is 5.91 Å². The molecule has 0 radical (unpaired) electrons. The summed E-state index contributed by atoms with van der Waals surface area (Å²) in [6, 6.07) is 18.8. The summed E-state index contributed by atoms with van der Waals surface area (Å²) in [5.74, 6) is -1.06. The molecule has 0 saturated heterocycles. The van der Waals surface area contributed by atoms with Crippen molar-refractivity contribution < 1.29 is 28.6 Å². The van der Waals surface area contributed by atoms with Crippen LogP contribution in [0.3, 0.4) is 0 Å². The molecule has 1 aliphatic rings. The Morgan fingerprint density at radius 1 is 1.00 bits per heavy atom. The molecular weight excluding hydrogens is 448 g/mol. The van der Waals surface area contributed by atoms with Gasteiger partial charge >= 0.3 is 12.1 Å². The molecule has 1 heterocycles. The van der Waals surface area contributed by atoms with E-state index in [4.69, 9.17) is 14.3 Å². The van der Waals surface area contributed by atoms with E-state index in [2.05, 4.69) is 34.9 Å². The fourth-order valence-electron chi connectivity index (χ4n) is 4.44. The molecule has 3 N–H and O–H groups in total. The second-order valence-corrected chi connectivity index (χ2v) is 8.50. The molecule has 1 aromatic heterocycles. The Kier molecular flexibility index (Phi) is 7.50. The van der Waals surface area contributed by atoms with Crippen LogP contribution in [-0.4, -0.2) is 35.7 Å². The van der Waals surface area contributed by atoms with Gasteiger partial charge in [-0.25, -0.2) is 4.79 Å². The van der Waals surface area contributed by atoms with Crippen LogP contribution in [0.5, 0.6) is 0 Å². The van der Waals surface area contributed by atoms with Crippen molar-refractivity contribution in [3.8, 4) is 11.1 Å². The molecule has 1 atom stereocenters. The van der Waals surface area contributed by atoms with Gasteiger partial charge in [-0.1, -0.05) is 61.9 Å². The van der Waals surface area contributed by atoms with Crippen molar-refractivity contribution in [3.05, 3.63) is 83.3 Å². The lowest BCUT2D eigenvalue weighted by Crippen LogP contribution is -2.36. The van der Waals surface area contributed by atoms with Crippen LogP contribution in [0.2, 0.25) is 0 Å². The van der Waals surface area contributed by atoms with Crippen molar-refractivity contribution in [2.24, 2.45) is 0 Å². The van der Waals surface area contributed by atoms with Crippen LogP contribution in [0.4, 0.5) is 4.79 Å². The van der Waals surface area contributed by atoms with Gasteiger partial charge in [-0.05, 0) is 40.8 Å². The number of hydrogen-bond donors (Lipinski definition) is 3. The highest BCUT2D eigenvalue weighted by Gasteiger charge is 2.29. The second kappa shape index (κ2) is 10.9. The Morgan fingerprint density at radius 2 is 1.66 bits per heavy atom. The van der Waals surface area contributed by atoms with Crippen LogP contribution in [0.1, 0.15) is 59.5 Å². The summed E-state index contributed by atoms with van der Waals surface area (Å²) < 4.78 is 11.0. The quantitative estimate of drug-likeness (QED) is 0.391. The Bertz CT molecular complexity index is 1170. The first-order valence-electron chi connectivity index (χ1n) is 11.7. The Hall–Kier alpha value is -4.07. The maximum atomic E-state index is 12.4. The summed E-state index contributed by atoms with van der Waals surface area (Å²) in [5, 5.41) is 14.3. The monoisotopic (exact) mass is 476 g/mol. The smallest absolute Gasteiger partial charge is 0.407 e. The van der Waals surface area contributed by atoms with Gasteiger partial charge in [0.05, 0.1) is 13.0 Å². The summed E-state index contributed by atoms with van der Waals surface area (Å²) in [5.41, 5.74) is 4.57. The van der Waals surface area contributed by atoms with E-state index in [-0.39, 0.29) is 31.3 Å². The number of alkyl carbamates (subject to hydrolysis) is 1. The molecule has 0 aliphatic heterocycles. The number of nitrogens with one attached hydrogen (secondary N) is 2. The van der Waals surface area contributed by atoms with Crippen LogP contribution in [-0.2, 0) is 16.1 Å². The molecule has 0 bridgehead atoms. The second-order valence-electron chi connectivity index (χ2n) is 8.50. The maximum absolute atomic E-state index is 12.4. The Morgan fingerprint density at radius 3 is 2.29 bits per heavy atom. The molecule has 8 nitrogen and oxygen atoms in total. The van der Waals surface area contributed by atoms with E-state index in [0.29, 0.717) is 12.2 Å². The number of amides is 2. The molecule has 1 aliphatic carbocycles. The van der Waals surface area contributed by atoms with Gasteiger partial charge in [-0.3, -0.25) is 9.59 Å². The number of carboxylic acid groups (broad SMARTS) is 1. The minimum Gasteiger partial charge on any atom is -0.481 e. The van der Waals surface area contributed by atoms with E-state index in [1.54, 1.807) is 6.07 Å². The van der Waals surface area contributed by atoms with E-state index in [1.165, 1.54) is 6.07 Å². The Balaban J connectivity index is 1.29. The molecule has 2 aromatic carbocycles. The number of aliphatic carboxylic acids is 1.